The summed E-state index contributed by atoms with van der Waals surface area (Å²) in [6, 6.07) is 6.47. The molecule has 2 rings (SSSR count). The summed E-state index contributed by atoms with van der Waals surface area (Å²) in [4.78, 5) is 3.98. The molecule has 0 aliphatic rings. The lowest BCUT2D eigenvalue weighted by Gasteiger charge is -2.18. The lowest BCUT2D eigenvalue weighted by Crippen LogP contribution is -2.26. The van der Waals surface area contributed by atoms with Gasteiger partial charge >= 0.3 is 0 Å². The van der Waals surface area contributed by atoms with E-state index in [0.29, 0.717) is 20.7 Å². The number of sulfonamides is 1. The monoisotopic (exact) mass is 389 g/mol. The summed E-state index contributed by atoms with van der Waals surface area (Å²) in [6.45, 7) is 0.124. The highest BCUT2D eigenvalue weighted by atomic mass is 79.9. The third kappa shape index (κ3) is 3.74. The summed E-state index contributed by atoms with van der Waals surface area (Å²) in [6.07, 6.45) is 2.82. The van der Waals surface area contributed by atoms with Crippen LogP contribution in [0, 0.1) is 0 Å². The predicted octanol–water partition coefficient (Wildman–Crippen LogP) is 2.90. The van der Waals surface area contributed by atoms with Gasteiger partial charge in [-0.3, -0.25) is 4.98 Å². The number of benzene rings is 1. The maximum atomic E-state index is 12.5. The number of rotatable bonds is 4. The van der Waals surface area contributed by atoms with Crippen molar-refractivity contribution in [1.82, 2.24) is 9.29 Å². The van der Waals surface area contributed by atoms with Gasteiger partial charge in [-0.1, -0.05) is 11.6 Å². The highest BCUT2D eigenvalue weighted by Crippen LogP contribution is 2.24. The smallest absolute Gasteiger partial charge is 0.244 e. The summed E-state index contributed by atoms with van der Waals surface area (Å²) >= 11 is 9.27. The molecule has 1 heterocycles. The molecular formula is C13H13BrClN3O2S. The molecule has 2 N–H and O–H groups in total. The first-order valence-corrected chi connectivity index (χ1v) is 8.52. The topological polar surface area (TPSA) is 76.3 Å². The third-order valence-corrected chi connectivity index (χ3v) is 5.42. The van der Waals surface area contributed by atoms with E-state index in [2.05, 4.69) is 20.9 Å². The highest BCUT2D eigenvalue weighted by Gasteiger charge is 2.22. The first-order valence-electron chi connectivity index (χ1n) is 5.91. The number of halogens is 2. The number of anilines is 1. The highest BCUT2D eigenvalue weighted by molar-refractivity contribution is 9.10. The second-order valence-corrected chi connectivity index (χ2v) is 7.82. The summed E-state index contributed by atoms with van der Waals surface area (Å²) in [5.41, 5.74) is 6.88. The molecule has 21 heavy (non-hydrogen) atoms. The van der Waals surface area contributed by atoms with Gasteiger partial charge < -0.3 is 5.73 Å². The van der Waals surface area contributed by atoms with Crippen LogP contribution in [0.25, 0.3) is 0 Å². The third-order valence-electron chi connectivity index (χ3n) is 2.85. The number of nitrogens with zero attached hydrogens (tertiary/aromatic N) is 2. The second kappa shape index (κ2) is 6.31. The average Bonchev–Trinajstić information content (AvgIpc) is 2.42. The Bertz CT molecular complexity index is 768. The minimum atomic E-state index is -3.65. The number of nitrogens with two attached hydrogens (primary N) is 1. The Morgan fingerprint density at radius 2 is 2.05 bits per heavy atom. The van der Waals surface area contributed by atoms with Crippen LogP contribution in [0.3, 0.4) is 0 Å². The molecule has 5 nitrogen and oxygen atoms in total. The Morgan fingerprint density at radius 3 is 2.71 bits per heavy atom. The van der Waals surface area contributed by atoms with E-state index in [1.807, 2.05) is 0 Å². The zero-order valence-electron chi connectivity index (χ0n) is 11.1. The lowest BCUT2D eigenvalue weighted by atomic mass is 10.2. The van der Waals surface area contributed by atoms with Crippen LogP contribution in [-0.2, 0) is 16.6 Å². The van der Waals surface area contributed by atoms with Gasteiger partial charge in [-0.15, -0.1) is 0 Å². The van der Waals surface area contributed by atoms with Crippen molar-refractivity contribution in [2.45, 2.75) is 11.4 Å². The number of hydrogen-bond acceptors (Lipinski definition) is 4. The summed E-state index contributed by atoms with van der Waals surface area (Å²) in [5.74, 6) is 0. The molecule has 1 aromatic heterocycles. The van der Waals surface area contributed by atoms with Crippen molar-refractivity contribution in [3.63, 3.8) is 0 Å². The molecule has 0 spiro atoms. The Hall–Kier alpha value is -1.15. The molecule has 0 aliphatic heterocycles. The van der Waals surface area contributed by atoms with E-state index in [1.54, 1.807) is 18.2 Å². The van der Waals surface area contributed by atoms with Crippen molar-refractivity contribution in [2.75, 3.05) is 12.8 Å². The molecule has 0 amide bonds. The second-order valence-electron chi connectivity index (χ2n) is 4.45. The van der Waals surface area contributed by atoms with Crippen molar-refractivity contribution >= 4 is 43.2 Å². The molecule has 0 bridgehead atoms. The Balaban J connectivity index is 2.31. The fraction of sp³-hybridized carbons (Fsp3) is 0.154. The quantitative estimate of drug-likeness (QED) is 0.814. The number of nitrogen functional groups attached to an aromatic ring is 1. The molecule has 112 valence electrons. The van der Waals surface area contributed by atoms with E-state index in [-0.39, 0.29) is 11.4 Å². The molecule has 8 heteroatoms. The summed E-state index contributed by atoms with van der Waals surface area (Å²) < 4.78 is 26.8. The van der Waals surface area contributed by atoms with Gasteiger partial charge in [-0.2, -0.15) is 4.31 Å². The predicted molar refractivity (Wildman–Crippen MR) is 86.5 cm³/mol. The van der Waals surface area contributed by atoms with E-state index in [1.165, 1.54) is 29.8 Å². The van der Waals surface area contributed by atoms with E-state index in [0.717, 1.165) is 0 Å². The van der Waals surface area contributed by atoms with Crippen LogP contribution in [0.5, 0.6) is 0 Å². The largest absolute Gasteiger partial charge is 0.399 e. The van der Waals surface area contributed by atoms with Crippen LogP contribution in [-0.4, -0.2) is 24.8 Å². The average molecular weight is 391 g/mol. The van der Waals surface area contributed by atoms with Gasteiger partial charge in [0.1, 0.15) is 4.90 Å². The van der Waals surface area contributed by atoms with Gasteiger partial charge in [0, 0.05) is 41.2 Å². The Morgan fingerprint density at radius 1 is 1.33 bits per heavy atom. The van der Waals surface area contributed by atoms with Crippen molar-refractivity contribution in [1.29, 1.82) is 0 Å². The Labute approximate surface area is 136 Å². The zero-order chi connectivity index (χ0) is 15.6. The summed E-state index contributed by atoms with van der Waals surface area (Å²) in [7, 11) is -2.17. The van der Waals surface area contributed by atoms with Crippen molar-refractivity contribution < 1.29 is 8.42 Å². The van der Waals surface area contributed by atoms with Crippen LogP contribution < -0.4 is 5.73 Å². The molecule has 1 aromatic carbocycles. The van der Waals surface area contributed by atoms with E-state index >= 15 is 0 Å². The van der Waals surface area contributed by atoms with E-state index in [4.69, 9.17) is 17.3 Å². The molecule has 0 unspecified atom stereocenters. The molecule has 0 saturated heterocycles. The van der Waals surface area contributed by atoms with Gasteiger partial charge in [-0.05, 0) is 45.8 Å². The van der Waals surface area contributed by atoms with Crippen LogP contribution in [0.1, 0.15) is 5.56 Å². The van der Waals surface area contributed by atoms with E-state index < -0.39 is 10.0 Å². The maximum absolute atomic E-state index is 12.5. The normalized spacial score (nSPS) is 11.8. The first kappa shape index (κ1) is 16.2. The fourth-order valence-electron chi connectivity index (χ4n) is 1.75. The van der Waals surface area contributed by atoms with Crippen LogP contribution in [0.4, 0.5) is 5.69 Å². The van der Waals surface area contributed by atoms with Gasteiger partial charge in [0.25, 0.3) is 0 Å². The molecule has 0 aliphatic carbocycles. The SMILES string of the molecule is CN(Cc1cc(N)ccc1Cl)S(=O)(=O)c1cncc(Br)c1. The number of pyridine rings is 1. The van der Waals surface area contributed by atoms with Crippen molar-refractivity contribution in [3.8, 4) is 0 Å². The van der Waals surface area contributed by atoms with Gasteiger partial charge in [0.2, 0.25) is 10.0 Å². The minimum Gasteiger partial charge on any atom is -0.399 e. The van der Waals surface area contributed by atoms with Crippen LogP contribution in [0.2, 0.25) is 5.02 Å². The maximum Gasteiger partial charge on any atom is 0.244 e. The molecular weight excluding hydrogens is 378 g/mol. The standard InChI is InChI=1S/C13H13BrClN3O2S/c1-18(8-9-4-11(16)2-3-13(9)15)21(19,20)12-5-10(14)6-17-7-12/h2-7H,8,16H2,1H3. The number of hydrogen-bond donors (Lipinski definition) is 1. The Kier molecular flexibility index (Phi) is 4.88. The van der Waals surface area contributed by atoms with Crippen LogP contribution >= 0.6 is 27.5 Å². The molecule has 2 aromatic rings. The van der Waals surface area contributed by atoms with Crippen LogP contribution in [0.15, 0.2) is 46.0 Å². The van der Waals surface area contributed by atoms with E-state index in [9.17, 15) is 8.42 Å². The van der Waals surface area contributed by atoms with Crippen molar-refractivity contribution in [2.24, 2.45) is 0 Å². The number of aromatic nitrogens is 1. The molecule has 0 saturated carbocycles. The van der Waals surface area contributed by atoms with Gasteiger partial charge in [0.15, 0.2) is 0 Å². The molecule has 0 radical (unpaired) electrons. The summed E-state index contributed by atoms with van der Waals surface area (Å²) in [5, 5.41) is 0.471. The molecule has 0 fully saturated rings. The van der Waals surface area contributed by atoms with Gasteiger partial charge in [-0.25, -0.2) is 8.42 Å². The first-order chi connectivity index (χ1) is 9.80. The van der Waals surface area contributed by atoms with Gasteiger partial charge in [0.05, 0.1) is 0 Å². The lowest BCUT2D eigenvalue weighted by molar-refractivity contribution is 0.466. The zero-order valence-corrected chi connectivity index (χ0v) is 14.3. The molecule has 0 atom stereocenters. The fourth-order valence-corrected chi connectivity index (χ4v) is 3.59. The van der Waals surface area contributed by atoms with Crippen molar-refractivity contribution in [3.05, 3.63) is 51.7 Å². The minimum absolute atomic E-state index is 0.111.